The number of ether oxygens (including phenoxy) is 1. The number of nitrogens with zero attached hydrogens (tertiary/aromatic N) is 2. The van der Waals surface area contributed by atoms with Crippen LogP contribution in [0, 0.1) is 0 Å². The molecule has 2 saturated heterocycles. The highest BCUT2D eigenvalue weighted by Gasteiger charge is 2.46. The Morgan fingerprint density at radius 1 is 1.29 bits per heavy atom. The average Bonchev–Trinajstić information content (AvgIpc) is 2.93. The predicted octanol–water partition coefficient (Wildman–Crippen LogP) is 2.60. The van der Waals surface area contributed by atoms with Gasteiger partial charge >= 0.3 is 0 Å². The van der Waals surface area contributed by atoms with Crippen LogP contribution in [0.5, 0.6) is 0 Å². The van der Waals surface area contributed by atoms with Crippen molar-refractivity contribution in [3.8, 4) is 0 Å². The van der Waals surface area contributed by atoms with Crippen molar-refractivity contribution < 1.29 is 4.74 Å². The van der Waals surface area contributed by atoms with E-state index in [0.29, 0.717) is 12.1 Å². The van der Waals surface area contributed by atoms with Crippen LogP contribution in [0.25, 0.3) is 0 Å². The standard InChI is InChI=1S/C17H27N3O/c1-16(2)11-14(17(3,4)21-16)19-13-8-10-20(12-13)15-7-5-6-9-18-15/h5-7,9,13-14,19H,8,10-12H2,1-4H3. The third-order valence-electron chi connectivity index (χ3n) is 4.67. The number of aromatic nitrogens is 1. The molecule has 2 aliphatic heterocycles. The molecule has 1 aromatic rings. The van der Waals surface area contributed by atoms with Crippen molar-refractivity contribution in [2.24, 2.45) is 0 Å². The van der Waals surface area contributed by atoms with Gasteiger partial charge < -0.3 is 15.0 Å². The Bertz CT molecular complexity index is 486. The predicted molar refractivity (Wildman–Crippen MR) is 85.6 cm³/mol. The molecule has 1 aromatic heterocycles. The zero-order chi connectivity index (χ0) is 15.1. The largest absolute Gasteiger partial charge is 0.368 e. The van der Waals surface area contributed by atoms with E-state index in [-0.39, 0.29) is 11.2 Å². The summed E-state index contributed by atoms with van der Waals surface area (Å²) in [6, 6.07) is 7.05. The minimum Gasteiger partial charge on any atom is -0.368 e. The van der Waals surface area contributed by atoms with E-state index in [4.69, 9.17) is 4.74 Å². The Balaban J connectivity index is 1.60. The summed E-state index contributed by atoms with van der Waals surface area (Å²) in [4.78, 5) is 6.82. The zero-order valence-electron chi connectivity index (χ0n) is 13.6. The van der Waals surface area contributed by atoms with Gasteiger partial charge in [-0.25, -0.2) is 4.98 Å². The fourth-order valence-electron chi connectivity index (χ4n) is 3.75. The van der Waals surface area contributed by atoms with Crippen molar-refractivity contribution in [3.05, 3.63) is 24.4 Å². The van der Waals surface area contributed by atoms with Crippen LogP contribution in [0.15, 0.2) is 24.4 Å². The molecular weight excluding hydrogens is 262 g/mol. The lowest BCUT2D eigenvalue weighted by Gasteiger charge is -2.30. The smallest absolute Gasteiger partial charge is 0.128 e. The van der Waals surface area contributed by atoms with E-state index in [2.05, 4.69) is 55.0 Å². The summed E-state index contributed by atoms with van der Waals surface area (Å²) >= 11 is 0. The molecule has 1 N–H and O–H groups in total. The van der Waals surface area contributed by atoms with Crippen molar-refractivity contribution in [3.63, 3.8) is 0 Å². The van der Waals surface area contributed by atoms with Gasteiger partial charge in [0.15, 0.2) is 0 Å². The second-order valence-corrected chi connectivity index (χ2v) is 7.51. The quantitative estimate of drug-likeness (QED) is 0.928. The molecule has 2 aliphatic rings. The van der Waals surface area contributed by atoms with Gasteiger partial charge in [-0.2, -0.15) is 0 Å². The summed E-state index contributed by atoms with van der Waals surface area (Å²) in [5.41, 5.74) is -0.123. The lowest BCUT2D eigenvalue weighted by atomic mass is 9.93. The van der Waals surface area contributed by atoms with Crippen molar-refractivity contribution in [2.75, 3.05) is 18.0 Å². The lowest BCUT2D eigenvalue weighted by Crippen LogP contribution is -2.48. The first-order valence-corrected chi connectivity index (χ1v) is 7.98. The molecule has 4 nitrogen and oxygen atoms in total. The summed E-state index contributed by atoms with van der Waals surface area (Å²) in [5, 5.41) is 3.83. The van der Waals surface area contributed by atoms with E-state index in [0.717, 1.165) is 25.3 Å². The van der Waals surface area contributed by atoms with Crippen molar-refractivity contribution in [1.29, 1.82) is 0 Å². The summed E-state index contributed by atoms with van der Waals surface area (Å²) in [6.45, 7) is 10.9. The van der Waals surface area contributed by atoms with Crippen molar-refractivity contribution in [2.45, 2.75) is 63.8 Å². The molecule has 2 atom stereocenters. The number of hydrogen-bond donors (Lipinski definition) is 1. The molecule has 2 fully saturated rings. The van der Waals surface area contributed by atoms with E-state index in [1.165, 1.54) is 6.42 Å². The first kappa shape index (κ1) is 14.8. The van der Waals surface area contributed by atoms with Gasteiger partial charge in [-0.3, -0.25) is 0 Å². The van der Waals surface area contributed by atoms with E-state index in [9.17, 15) is 0 Å². The molecule has 0 bridgehead atoms. The third-order valence-corrected chi connectivity index (χ3v) is 4.67. The fourth-order valence-corrected chi connectivity index (χ4v) is 3.75. The summed E-state index contributed by atoms with van der Waals surface area (Å²) in [5.74, 6) is 1.09. The highest BCUT2D eigenvalue weighted by Crippen LogP contribution is 2.37. The minimum atomic E-state index is -0.0953. The highest BCUT2D eigenvalue weighted by atomic mass is 16.5. The highest BCUT2D eigenvalue weighted by molar-refractivity contribution is 5.39. The summed E-state index contributed by atoms with van der Waals surface area (Å²) in [7, 11) is 0. The number of rotatable bonds is 3. The molecule has 0 spiro atoms. The third kappa shape index (κ3) is 3.22. The lowest BCUT2D eigenvalue weighted by molar-refractivity contribution is -0.0703. The van der Waals surface area contributed by atoms with Crippen molar-refractivity contribution in [1.82, 2.24) is 10.3 Å². The molecule has 3 heterocycles. The number of nitrogens with one attached hydrogen (secondary N) is 1. The Morgan fingerprint density at radius 2 is 2.10 bits per heavy atom. The van der Waals surface area contributed by atoms with E-state index >= 15 is 0 Å². The molecule has 4 heteroatoms. The van der Waals surface area contributed by atoms with Crippen LogP contribution in [-0.2, 0) is 4.74 Å². The summed E-state index contributed by atoms with van der Waals surface area (Å²) in [6.07, 6.45) is 4.11. The van der Waals surface area contributed by atoms with Gasteiger partial charge in [-0.1, -0.05) is 6.07 Å². The molecule has 0 aromatic carbocycles. The Labute approximate surface area is 127 Å². The molecule has 0 radical (unpaired) electrons. The van der Waals surface area contributed by atoms with Crippen LogP contribution in [0.2, 0.25) is 0 Å². The topological polar surface area (TPSA) is 37.4 Å². The fraction of sp³-hybridized carbons (Fsp3) is 0.706. The van der Waals surface area contributed by atoms with Gasteiger partial charge in [0.05, 0.1) is 11.2 Å². The van der Waals surface area contributed by atoms with E-state index in [1.807, 2.05) is 12.3 Å². The van der Waals surface area contributed by atoms with Gasteiger partial charge in [-0.05, 0) is 52.7 Å². The first-order valence-electron chi connectivity index (χ1n) is 7.98. The second kappa shape index (κ2) is 5.25. The molecule has 2 unspecified atom stereocenters. The number of anilines is 1. The molecule has 0 aliphatic carbocycles. The maximum Gasteiger partial charge on any atom is 0.128 e. The summed E-state index contributed by atoms with van der Waals surface area (Å²) < 4.78 is 6.18. The van der Waals surface area contributed by atoms with Gasteiger partial charge in [0.25, 0.3) is 0 Å². The van der Waals surface area contributed by atoms with Crippen LogP contribution in [0.4, 0.5) is 5.82 Å². The van der Waals surface area contributed by atoms with Gasteiger partial charge in [0.1, 0.15) is 5.82 Å². The first-order chi connectivity index (χ1) is 9.86. The van der Waals surface area contributed by atoms with E-state index in [1.54, 1.807) is 0 Å². The SMILES string of the molecule is CC1(C)CC(NC2CCN(c3ccccn3)C2)C(C)(C)O1. The van der Waals surface area contributed by atoms with Crippen LogP contribution in [0.3, 0.4) is 0 Å². The van der Waals surface area contributed by atoms with Crippen LogP contribution in [-0.4, -0.2) is 41.4 Å². The molecule has 3 rings (SSSR count). The molecule has 0 saturated carbocycles. The molecular formula is C17H27N3O. The van der Waals surface area contributed by atoms with Gasteiger partial charge in [-0.15, -0.1) is 0 Å². The Hall–Kier alpha value is -1.13. The Kier molecular flexibility index (Phi) is 3.70. The number of hydrogen-bond acceptors (Lipinski definition) is 4. The molecule has 0 amide bonds. The van der Waals surface area contributed by atoms with E-state index < -0.39 is 0 Å². The minimum absolute atomic E-state index is 0.0273. The molecule has 116 valence electrons. The maximum atomic E-state index is 6.18. The van der Waals surface area contributed by atoms with Crippen molar-refractivity contribution >= 4 is 5.82 Å². The van der Waals surface area contributed by atoms with Crippen LogP contribution >= 0.6 is 0 Å². The van der Waals surface area contributed by atoms with Gasteiger partial charge in [0, 0.05) is 31.4 Å². The zero-order valence-corrected chi connectivity index (χ0v) is 13.6. The molecule has 21 heavy (non-hydrogen) atoms. The van der Waals surface area contributed by atoms with Crippen LogP contribution in [0.1, 0.15) is 40.5 Å². The van der Waals surface area contributed by atoms with Crippen LogP contribution < -0.4 is 10.2 Å². The van der Waals surface area contributed by atoms with Gasteiger partial charge in [0.2, 0.25) is 0 Å². The monoisotopic (exact) mass is 289 g/mol. The maximum absolute atomic E-state index is 6.18. The average molecular weight is 289 g/mol. The Morgan fingerprint density at radius 3 is 2.71 bits per heavy atom. The normalized spacial score (nSPS) is 30.8. The second-order valence-electron chi connectivity index (χ2n) is 7.51. The number of pyridine rings is 1.